The Morgan fingerprint density at radius 3 is 2.52 bits per heavy atom. The molecule has 0 unspecified atom stereocenters. The molecule has 2 N–H and O–H groups in total. The molecule has 0 radical (unpaired) electrons. The summed E-state index contributed by atoms with van der Waals surface area (Å²) in [6.45, 7) is 1.75. The maximum Gasteiger partial charge on any atom is 0.254 e. The number of nitrogens with two attached hydrogens (primary N) is 1. The number of anilines is 3. The van der Waals surface area contributed by atoms with Crippen LogP contribution in [0.25, 0.3) is 11.3 Å². The molecule has 1 saturated carbocycles. The average Bonchev–Trinajstić information content (AvgIpc) is 3.47. The first kappa shape index (κ1) is 17.3. The molecule has 8 nitrogen and oxygen atoms in total. The van der Waals surface area contributed by atoms with Crippen LogP contribution in [0.3, 0.4) is 0 Å². The lowest BCUT2D eigenvalue weighted by atomic mass is 10.1. The third-order valence-electron chi connectivity index (χ3n) is 6.64. The van der Waals surface area contributed by atoms with Crippen LogP contribution < -0.4 is 15.5 Å². The van der Waals surface area contributed by atoms with Crippen molar-refractivity contribution in [3.05, 3.63) is 18.5 Å². The number of morpholine rings is 1. The number of nitrogens with zero attached hydrogens (tertiary/aromatic N) is 6. The van der Waals surface area contributed by atoms with Gasteiger partial charge < -0.3 is 20.3 Å². The van der Waals surface area contributed by atoms with Crippen molar-refractivity contribution < 1.29 is 13.5 Å². The molecule has 29 heavy (non-hydrogen) atoms. The van der Waals surface area contributed by atoms with Crippen LogP contribution in [-0.4, -0.2) is 63.7 Å². The molecule has 4 aliphatic rings. The second-order valence-electron chi connectivity index (χ2n) is 8.44. The van der Waals surface area contributed by atoms with E-state index in [0.717, 1.165) is 24.3 Å². The lowest BCUT2D eigenvalue weighted by Crippen LogP contribution is -2.42. The Balaban J connectivity index is 1.40. The van der Waals surface area contributed by atoms with Crippen LogP contribution in [0, 0.1) is 5.92 Å². The molecule has 2 aromatic heterocycles. The van der Waals surface area contributed by atoms with Gasteiger partial charge in [0.15, 0.2) is 0 Å². The zero-order valence-electron chi connectivity index (χ0n) is 15.7. The van der Waals surface area contributed by atoms with Gasteiger partial charge in [-0.2, -0.15) is 4.98 Å². The highest BCUT2D eigenvalue weighted by atomic mass is 19.3. The molecule has 0 aromatic carbocycles. The average molecular weight is 401 g/mol. The highest BCUT2D eigenvalue weighted by Crippen LogP contribution is 2.49. The van der Waals surface area contributed by atoms with Crippen molar-refractivity contribution in [1.29, 1.82) is 0 Å². The summed E-state index contributed by atoms with van der Waals surface area (Å²) in [6, 6.07) is 1.99. The molecular formula is C19H21F2N7O. The highest BCUT2D eigenvalue weighted by Gasteiger charge is 2.56. The fourth-order valence-electron chi connectivity index (χ4n) is 5.14. The van der Waals surface area contributed by atoms with E-state index < -0.39 is 11.8 Å². The molecule has 4 fully saturated rings. The SMILES string of the molecule is Nc1ncc(-c2cc(N3C[C@@H]4C[C@H]3CO4)nc(N3C[C@H]4C[C@@H]3CC4(F)F)n2)cn1. The first-order chi connectivity index (χ1) is 14.0. The van der Waals surface area contributed by atoms with Gasteiger partial charge in [-0.05, 0) is 12.8 Å². The third kappa shape index (κ3) is 2.72. The summed E-state index contributed by atoms with van der Waals surface area (Å²) in [5.74, 6) is -1.72. The Hall–Kier alpha value is -2.62. The van der Waals surface area contributed by atoms with Gasteiger partial charge in [-0.3, -0.25) is 0 Å². The van der Waals surface area contributed by atoms with Crippen LogP contribution in [0.5, 0.6) is 0 Å². The Bertz CT molecular complexity index is 956. The van der Waals surface area contributed by atoms with Gasteiger partial charge in [0, 0.05) is 55.5 Å². The molecule has 5 heterocycles. The van der Waals surface area contributed by atoms with E-state index in [1.54, 1.807) is 12.4 Å². The summed E-state index contributed by atoms with van der Waals surface area (Å²) < 4.78 is 33.8. The molecule has 3 aliphatic heterocycles. The second-order valence-corrected chi connectivity index (χ2v) is 8.44. The molecular weight excluding hydrogens is 380 g/mol. The summed E-state index contributed by atoms with van der Waals surface area (Å²) in [7, 11) is 0. The summed E-state index contributed by atoms with van der Waals surface area (Å²) in [5, 5.41) is 0. The van der Waals surface area contributed by atoms with Crippen molar-refractivity contribution in [3.63, 3.8) is 0 Å². The lowest BCUT2D eigenvalue weighted by molar-refractivity contribution is -0.0411. The first-order valence-corrected chi connectivity index (χ1v) is 9.96. The van der Waals surface area contributed by atoms with E-state index in [4.69, 9.17) is 20.4 Å². The van der Waals surface area contributed by atoms with Gasteiger partial charge in [0.05, 0.1) is 24.4 Å². The van der Waals surface area contributed by atoms with Gasteiger partial charge in [0.2, 0.25) is 11.9 Å². The van der Waals surface area contributed by atoms with Crippen LogP contribution in [-0.2, 0) is 4.74 Å². The summed E-state index contributed by atoms with van der Waals surface area (Å²) in [5.41, 5.74) is 7.01. The number of fused-ring (bicyclic) bond motifs is 4. The molecule has 152 valence electrons. The number of alkyl halides is 2. The van der Waals surface area contributed by atoms with Crippen molar-refractivity contribution >= 4 is 17.7 Å². The second kappa shape index (κ2) is 5.94. The minimum absolute atomic E-state index is 0.131. The number of nitrogen functional groups attached to an aromatic ring is 1. The van der Waals surface area contributed by atoms with E-state index in [2.05, 4.69) is 14.9 Å². The third-order valence-corrected chi connectivity index (χ3v) is 6.64. The van der Waals surface area contributed by atoms with Gasteiger partial charge in [-0.15, -0.1) is 0 Å². The predicted molar refractivity (Wildman–Crippen MR) is 102 cm³/mol. The van der Waals surface area contributed by atoms with Crippen LogP contribution in [0.2, 0.25) is 0 Å². The van der Waals surface area contributed by atoms with Crippen molar-refractivity contribution in [3.8, 4) is 11.3 Å². The maximum atomic E-state index is 14.0. The Morgan fingerprint density at radius 2 is 1.90 bits per heavy atom. The fraction of sp³-hybridized carbons (Fsp3) is 0.579. The minimum Gasteiger partial charge on any atom is -0.374 e. The summed E-state index contributed by atoms with van der Waals surface area (Å²) in [4.78, 5) is 21.8. The molecule has 10 heteroatoms. The maximum absolute atomic E-state index is 14.0. The molecule has 0 spiro atoms. The number of piperidine rings is 1. The molecule has 4 atom stereocenters. The predicted octanol–water partition coefficient (Wildman–Crippen LogP) is 1.73. The monoisotopic (exact) mass is 401 g/mol. The molecule has 1 aliphatic carbocycles. The van der Waals surface area contributed by atoms with Gasteiger partial charge in [0.25, 0.3) is 5.92 Å². The lowest BCUT2D eigenvalue weighted by Gasteiger charge is -2.33. The molecule has 0 amide bonds. The Morgan fingerprint density at radius 1 is 1.07 bits per heavy atom. The number of rotatable bonds is 3. The summed E-state index contributed by atoms with van der Waals surface area (Å²) >= 11 is 0. The van der Waals surface area contributed by atoms with E-state index in [1.807, 2.05) is 11.0 Å². The van der Waals surface area contributed by atoms with E-state index >= 15 is 0 Å². The van der Waals surface area contributed by atoms with Gasteiger partial charge in [-0.1, -0.05) is 0 Å². The number of aromatic nitrogens is 4. The van der Waals surface area contributed by atoms with Crippen LogP contribution >= 0.6 is 0 Å². The van der Waals surface area contributed by atoms with Crippen LogP contribution in [0.4, 0.5) is 26.5 Å². The Kier molecular flexibility index (Phi) is 3.54. The van der Waals surface area contributed by atoms with E-state index in [1.165, 1.54) is 0 Å². The molecule has 3 saturated heterocycles. The summed E-state index contributed by atoms with van der Waals surface area (Å²) in [6.07, 6.45) is 4.82. The van der Waals surface area contributed by atoms with Gasteiger partial charge >= 0.3 is 0 Å². The van der Waals surface area contributed by atoms with Crippen LogP contribution in [0.1, 0.15) is 19.3 Å². The van der Waals surface area contributed by atoms with Crippen molar-refractivity contribution in [1.82, 2.24) is 19.9 Å². The zero-order chi connectivity index (χ0) is 19.8. The Labute approximate surface area is 166 Å². The van der Waals surface area contributed by atoms with Crippen molar-refractivity contribution in [2.45, 2.75) is 43.4 Å². The van der Waals surface area contributed by atoms with E-state index in [-0.39, 0.29) is 37.1 Å². The standard InChI is InChI=1S/C19H21F2N7O/c20-19(21)4-12-1-11(19)7-28(12)18-25-15(10-5-23-17(22)24-6-10)3-16(26-18)27-8-14-2-13(27)9-29-14/h3,5-6,11-14H,1-2,4,7-9H2,(H2,22,23,24)/t11-,12-,13+,14+/m1/s1. The van der Waals surface area contributed by atoms with Gasteiger partial charge in [0.1, 0.15) is 5.82 Å². The highest BCUT2D eigenvalue weighted by molar-refractivity contribution is 5.65. The van der Waals surface area contributed by atoms with Crippen LogP contribution in [0.15, 0.2) is 18.5 Å². The first-order valence-electron chi connectivity index (χ1n) is 9.96. The van der Waals surface area contributed by atoms with Gasteiger partial charge in [-0.25, -0.2) is 23.7 Å². The minimum atomic E-state index is -2.59. The number of ether oxygens (including phenoxy) is 1. The number of hydrogen-bond acceptors (Lipinski definition) is 8. The number of halogens is 2. The topological polar surface area (TPSA) is 93.3 Å². The molecule has 4 bridgehead atoms. The van der Waals surface area contributed by atoms with E-state index in [9.17, 15) is 8.78 Å². The largest absolute Gasteiger partial charge is 0.374 e. The van der Waals surface area contributed by atoms with Crippen molar-refractivity contribution in [2.75, 3.05) is 35.2 Å². The zero-order valence-corrected chi connectivity index (χ0v) is 15.7. The normalized spacial score (nSPS) is 31.8. The molecule has 6 rings (SSSR count). The molecule has 2 aromatic rings. The fourth-order valence-corrected chi connectivity index (χ4v) is 5.14. The quantitative estimate of drug-likeness (QED) is 0.831. The van der Waals surface area contributed by atoms with Crippen molar-refractivity contribution in [2.24, 2.45) is 5.92 Å². The number of hydrogen-bond donors (Lipinski definition) is 1. The van der Waals surface area contributed by atoms with E-state index in [0.29, 0.717) is 24.7 Å². The smallest absolute Gasteiger partial charge is 0.254 e.